The molecule has 0 bridgehead atoms. The second kappa shape index (κ2) is 3.32. The first-order valence-electron chi connectivity index (χ1n) is 6.02. The Balaban J connectivity index is 1.81. The fourth-order valence-electron chi connectivity index (χ4n) is 3.18. The van der Waals surface area contributed by atoms with Gasteiger partial charge >= 0.3 is 5.69 Å². The third-order valence-corrected chi connectivity index (χ3v) is 6.01. The van der Waals surface area contributed by atoms with Crippen LogP contribution in [0.4, 0.5) is 0 Å². The minimum atomic E-state index is -1.28. The first-order chi connectivity index (χ1) is 9.00. The molecule has 4 rings (SSSR count). The number of aliphatic hydroxyl groups excluding tert-OH is 1. The van der Waals surface area contributed by atoms with Crippen LogP contribution in [0, 0.1) is 0 Å². The van der Waals surface area contributed by atoms with Crippen LogP contribution in [-0.4, -0.2) is 48.1 Å². The first kappa shape index (κ1) is 11.7. The van der Waals surface area contributed by atoms with Crippen LogP contribution in [-0.2, 0) is 4.74 Å². The number of fused-ring (bicyclic) bond motifs is 2. The van der Waals surface area contributed by atoms with Crippen molar-refractivity contribution in [3.8, 4) is 0 Å². The number of aliphatic hydroxyl groups is 2. The smallest absolute Gasteiger partial charge is 0.330 e. The summed E-state index contributed by atoms with van der Waals surface area (Å²) in [6.07, 6.45) is -0.168. The third-order valence-electron chi connectivity index (χ3n) is 4.35. The molecule has 3 aliphatic rings. The second-order valence-electron chi connectivity index (χ2n) is 5.18. The van der Waals surface area contributed by atoms with E-state index in [0.717, 1.165) is 5.75 Å². The summed E-state index contributed by atoms with van der Waals surface area (Å²) in [6, 6.07) is 1.24. The van der Waals surface area contributed by atoms with Gasteiger partial charge in [-0.1, -0.05) is 0 Å². The molecule has 1 spiro atoms. The first-order valence-corrected chi connectivity index (χ1v) is 7.00. The lowest BCUT2D eigenvalue weighted by Crippen LogP contribution is -2.55. The number of nitrogens with zero attached hydrogens (tertiary/aromatic N) is 1. The Morgan fingerprint density at radius 1 is 1.53 bits per heavy atom. The van der Waals surface area contributed by atoms with Crippen LogP contribution in [0.1, 0.15) is 12.6 Å². The van der Waals surface area contributed by atoms with E-state index in [1.165, 1.54) is 28.6 Å². The van der Waals surface area contributed by atoms with Crippen LogP contribution in [0.2, 0.25) is 0 Å². The number of hydrogen-bond acceptors (Lipinski definition) is 6. The summed E-state index contributed by atoms with van der Waals surface area (Å²) < 4.78 is 6.22. The lowest BCUT2D eigenvalue weighted by atomic mass is 9.93. The predicted octanol–water partition coefficient (Wildman–Crippen LogP) is -1.58. The number of ether oxygens (including phenoxy) is 1. The van der Waals surface area contributed by atoms with Crippen LogP contribution < -0.4 is 11.2 Å². The summed E-state index contributed by atoms with van der Waals surface area (Å²) in [5.74, 6) is 0.847. The van der Waals surface area contributed by atoms with Gasteiger partial charge in [0.05, 0.1) is 4.75 Å². The maximum atomic E-state index is 11.8. The minimum absolute atomic E-state index is 0.474. The molecule has 3 fully saturated rings. The lowest BCUT2D eigenvalue weighted by Gasteiger charge is -2.46. The molecule has 3 heterocycles. The van der Waals surface area contributed by atoms with Crippen molar-refractivity contribution in [2.24, 2.45) is 0 Å². The highest BCUT2D eigenvalue weighted by molar-refractivity contribution is 8.02. The Kier molecular flexibility index (Phi) is 2.05. The number of thioether (sulfide) groups is 1. The standard InChI is InChI=1S/C11H12N2O5S/c14-5-1-3-13(9(16)12-5)8-10(2-4-19-10)11(17)6(15)7(11)18-8/h1,3,6-8,15,17H,2,4H2,(H,12,14,16)/t6?,7-,8-,10+,11-/m1/s1. The molecule has 102 valence electrons. The third kappa shape index (κ3) is 1.16. The molecule has 1 saturated carbocycles. The molecule has 2 aliphatic heterocycles. The van der Waals surface area contributed by atoms with E-state index in [4.69, 9.17) is 4.74 Å². The quantitative estimate of drug-likeness (QED) is 0.574. The van der Waals surface area contributed by atoms with Crippen LogP contribution in [0.5, 0.6) is 0 Å². The number of H-pyrrole nitrogens is 1. The molecule has 3 N–H and O–H groups in total. The Bertz CT molecular complexity index is 666. The van der Waals surface area contributed by atoms with Crippen LogP contribution in [0.3, 0.4) is 0 Å². The molecule has 8 heteroatoms. The van der Waals surface area contributed by atoms with Crippen molar-refractivity contribution in [3.05, 3.63) is 33.1 Å². The van der Waals surface area contributed by atoms with Crippen molar-refractivity contribution >= 4 is 11.8 Å². The average Bonchev–Trinajstić information content (AvgIpc) is 2.69. The summed E-state index contributed by atoms with van der Waals surface area (Å²) in [5.41, 5.74) is -2.32. The number of aromatic amines is 1. The Hall–Kier alpha value is -1.09. The van der Waals surface area contributed by atoms with Gasteiger partial charge in [-0.2, -0.15) is 0 Å². The molecule has 19 heavy (non-hydrogen) atoms. The van der Waals surface area contributed by atoms with Gasteiger partial charge in [-0.3, -0.25) is 14.3 Å². The molecule has 5 atom stereocenters. The molecule has 0 amide bonds. The summed E-state index contributed by atoms with van der Waals surface area (Å²) in [5, 5.41) is 20.3. The molecule has 1 unspecified atom stereocenters. The van der Waals surface area contributed by atoms with Crippen molar-refractivity contribution in [1.29, 1.82) is 0 Å². The van der Waals surface area contributed by atoms with Gasteiger partial charge in [-0.25, -0.2) is 4.79 Å². The maximum absolute atomic E-state index is 11.8. The van der Waals surface area contributed by atoms with Crippen LogP contribution >= 0.6 is 11.8 Å². The van der Waals surface area contributed by atoms with Crippen molar-refractivity contribution in [1.82, 2.24) is 9.55 Å². The van der Waals surface area contributed by atoms with E-state index in [1.807, 2.05) is 0 Å². The molecule has 1 aliphatic carbocycles. The highest BCUT2D eigenvalue weighted by atomic mass is 32.2. The van der Waals surface area contributed by atoms with Crippen LogP contribution in [0.25, 0.3) is 0 Å². The molecule has 2 saturated heterocycles. The zero-order chi connectivity index (χ0) is 13.4. The van der Waals surface area contributed by atoms with Gasteiger partial charge in [-0.05, 0) is 12.2 Å². The zero-order valence-corrected chi connectivity index (χ0v) is 10.6. The van der Waals surface area contributed by atoms with E-state index < -0.39 is 40.0 Å². The number of nitrogens with one attached hydrogen (secondary N) is 1. The highest BCUT2D eigenvalue weighted by Crippen LogP contribution is 2.70. The van der Waals surface area contributed by atoms with Crippen molar-refractivity contribution in [2.75, 3.05) is 5.75 Å². The zero-order valence-electron chi connectivity index (χ0n) is 9.78. The SMILES string of the molecule is O=c1ccn([C@@H]2O[C@@H]3C(O)[C@]3(O)[C@]23CCS3)c(=O)[nH]1. The van der Waals surface area contributed by atoms with Gasteiger partial charge in [-0.15, -0.1) is 11.8 Å². The lowest BCUT2D eigenvalue weighted by molar-refractivity contribution is -0.0435. The van der Waals surface area contributed by atoms with Crippen LogP contribution in [0.15, 0.2) is 21.9 Å². The monoisotopic (exact) mass is 284 g/mol. The maximum Gasteiger partial charge on any atom is 0.330 e. The van der Waals surface area contributed by atoms with Gasteiger partial charge in [0.2, 0.25) is 0 Å². The van der Waals surface area contributed by atoms with E-state index in [1.54, 1.807) is 0 Å². The molecule has 1 aromatic rings. The summed E-state index contributed by atoms with van der Waals surface area (Å²) in [4.78, 5) is 25.1. The summed E-state index contributed by atoms with van der Waals surface area (Å²) in [7, 11) is 0. The predicted molar refractivity (Wildman–Crippen MR) is 66.0 cm³/mol. The second-order valence-corrected chi connectivity index (χ2v) is 6.61. The summed E-state index contributed by atoms with van der Waals surface area (Å²) >= 11 is 1.50. The highest BCUT2D eigenvalue weighted by Gasteiger charge is 2.85. The van der Waals surface area contributed by atoms with E-state index in [9.17, 15) is 19.8 Å². The van der Waals surface area contributed by atoms with Gasteiger partial charge < -0.3 is 14.9 Å². The minimum Gasteiger partial charge on any atom is -0.387 e. The van der Waals surface area contributed by atoms with Crippen molar-refractivity contribution in [3.63, 3.8) is 0 Å². The molecule has 0 radical (unpaired) electrons. The number of aromatic nitrogens is 2. The van der Waals surface area contributed by atoms with E-state index in [-0.39, 0.29) is 0 Å². The fourth-order valence-corrected chi connectivity index (χ4v) is 4.60. The Morgan fingerprint density at radius 2 is 2.26 bits per heavy atom. The molecular formula is C11H12N2O5S. The topological polar surface area (TPSA) is 105 Å². The van der Waals surface area contributed by atoms with Gasteiger partial charge in [0.25, 0.3) is 5.56 Å². The van der Waals surface area contributed by atoms with Gasteiger partial charge in [0.15, 0.2) is 6.23 Å². The van der Waals surface area contributed by atoms with E-state index in [0.29, 0.717) is 6.42 Å². The van der Waals surface area contributed by atoms with E-state index >= 15 is 0 Å². The summed E-state index contributed by atoms with van der Waals surface area (Å²) in [6.45, 7) is 0. The van der Waals surface area contributed by atoms with E-state index in [2.05, 4.69) is 4.98 Å². The van der Waals surface area contributed by atoms with Crippen molar-refractivity contribution < 1.29 is 14.9 Å². The Labute approximate surface area is 111 Å². The van der Waals surface area contributed by atoms with Gasteiger partial charge in [0, 0.05) is 12.3 Å². The normalized spacial score (nSPS) is 46.9. The van der Waals surface area contributed by atoms with Gasteiger partial charge in [0.1, 0.15) is 17.8 Å². The Morgan fingerprint density at radius 3 is 2.84 bits per heavy atom. The largest absolute Gasteiger partial charge is 0.387 e. The number of hydrogen-bond donors (Lipinski definition) is 3. The molecule has 0 aromatic carbocycles. The average molecular weight is 284 g/mol. The fraction of sp³-hybridized carbons (Fsp3) is 0.636. The van der Waals surface area contributed by atoms with Crippen molar-refractivity contribution in [2.45, 2.75) is 35.2 Å². The molecular weight excluding hydrogens is 272 g/mol. The molecule has 1 aromatic heterocycles. The molecule has 7 nitrogen and oxygen atoms in total. The number of rotatable bonds is 1.